The molecular weight excluding hydrogens is 428 g/mol. The Kier molecular flexibility index (Phi) is 8.57. The third kappa shape index (κ3) is 5.71. The van der Waals surface area contributed by atoms with Crippen molar-refractivity contribution in [2.45, 2.75) is 38.7 Å². The van der Waals surface area contributed by atoms with Crippen molar-refractivity contribution in [1.82, 2.24) is 0 Å². The molecule has 1 aliphatic rings. The highest BCUT2D eigenvalue weighted by molar-refractivity contribution is 6.43. The number of aliphatic imine (C=N–C) groups is 1. The number of rotatable bonds is 5. The molecule has 3 aromatic rings. The first-order chi connectivity index (χ1) is 16.4. The Morgan fingerprint density at radius 3 is 2.44 bits per heavy atom. The Balaban J connectivity index is 0.000000204. The van der Waals surface area contributed by atoms with E-state index in [1.165, 1.54) is 23.8 Å². The fourth-order valence-corrected chi connectivity index (χ4v) is 4.29. The fraction of sp³-hybridized carbons (Fsp3) is 0.286. The van der Waals surface area contributed by atoms with Gasteiger partial charge in [-0.3, -0.25) is 9.83 Å². The average Bonchev–Trinajstić information content (AvgIpc) is 3.28. The van der Waals surface area contributed by atoms with Crippen molar-refractivity contribution in [3.63, 3.8) is 0 Å². The number of carbonyl (C=O) groups is 1. The summed E-state index contributed by atoms with van der Waals surface area (Å²) >= 11 is 0. The number of esters is 1. The van der Waals surface area contributed by atoms with Crippen LogP contribution in [0.5, 0.6) is 5.75 Å². The summed E-state index contributed by atoms with van der Waals surface area (Å²) in [4.78, 5) is 20.1. The molecule has 6 nitrogen and oxygen atoms in total. The van der Waals surface area contributed by atoms with E-state index >= 15 is 0 Å². The summed E-state index contributed by atoms with van der Waals surface area (Å²) in [5.74, 6) is 5.60. The third-order valence-electron chi connectivity index (χ3n) is 6.22. The van der Waals surface area contributed by atoms with Crippen LogP contribution in [-0.4, -0.2) is 30.9 Å². The lowest BCUT2D eigenvalue weighted by Crippen LogP contribution is -2.18. The van der Waals surface area contributed by atoms with E-state index in [9.17, 15) is 9.90 Å². The molecule has 0 aliphatic heterocycles. The van der Waals surface area contributed by atoms with Crippen molar-refractivity contribution in [1.29, 1.82) is 0 Å². The number of benzene rings is 3. The number of carbonyl (C=O) groups excluding carboxylic acids is 1. The van der Waals surface area contributed by atoms with Crippen LogP contribution >= 0.6 is 0 Å². The number of phenols is 1. The van der Waals surface area contributed by atoms with Crippen molar-refractivity contribution < 1.29 is 19.5 Å². The first-order valence-corrected chi connectivity index (χ1v) is 11.3. The molecule has 0 amide bonds. The van der Waals surface area contributed by atoms with E-state index in [1.54, 1.807) is 13.1 Å². The summed E-state index contributed by atoms with van der Waals surface area (Å²) in [7, 11) is 2.93. The van der Waals surface area contributed by atoms with Crippen LogP contribution in [0, 0.1) is 6.92 Å². The first kappa shape index (κ1) is 25.1. The molecule has 34 heavy (non-hydrogen) atoms. The summed E-state index contributed by atoms with van der Waals surface area (Å²) < 4.78 is 4.64. The monoisotopic (exact) mass is 460 g/mol. The number of phenolic OH excluding ortho intramolecular Hbond substituents is 1. The highest BCUT2D eigenvalue weighted by atomic mass is 16.6. The molecule has 3 aromatic carbocycles. The van der Waals surface area contributed by atoms with Gasteiger partial charge in [0.05, 0.1) is 7.11 Å². The van der Waals surface area contributed by atoms with Crippen LogP contribution in [0.3, 0.4) is 0 Å². The van der Waals surface area contributed by atoms with Gasteiger partial charge in [0.1, 0.15) is 17.6 Å². The second kappa shape index (κ2) is 11.6. The number of hydrogen-bond acceptors (Lipinski definition) is 6. The normalized spacial score (nSPS) is 15.7. The molecule has 3 N–H and O–H groups in total. The van der Waals surface area contributed by atoms with Gasteiger partial charge in [0.25, 0.3) is 0 Å². The van der Waals surface area contributed by atoms with Crippen LogP contribution in [0.1, 0.15) is 58.7 Å². The van der Waals surface area contributed by atoms with Gasteiger partial charge in [-0.05, 0) is 66.6 Å². The SMILES string of the molecule is CC(ON)c1ccc(C2CCc3cc(O)ccc32)cc1.CN=C(C(=O)OC)c1ccccc1C. The molecule has 0 spiro atoms. The van der Waals surface area contributed by atoms with E-state index in [0.29, 0.717) is 17.4 Å². The lowest BCUT2D eigenvalue weighted by molar-refractivity contribution is -0.132. The number of ether oxygens (including phenoxy) is 1. The minimum absolute atomic E-state index is 0.0862. The molecule has 178 valence electrons. The van der Waals surface area contributed by atoms with Crippen LogP contribution in [0.25, 0.3) is 0 Å². The Bertz CT molecular complexity index is 1160. The second-order valence-electron chi connectivity index (χ2n) is 8.30. The Morgan fingerprint density at radius 2 is 1.82 bits per heavy atom. The Hall–Kier alpha value is -3.48. The van der Waals surface area contributed by atoms with Gasteiger partial charge in [-0.25, -0.2) is 10.7 Å². The van der Waals surface area contributed by atoms with Crippen molar-refractivity contribution in [2.24, 2.45) is 10.9 Å². The largest absolute Gasteiger partial charge is 0.508 e. The molecule has 0 aromatic heterocycles. The van der Waals surface area contributed by atoms with Crippen LogP contribution in [0.4, 0.5) is 0 Å². The van der Waals surface area contributed by atoms with Gasteiger partial charge in [0, 0.05) is 18.5 Å². The number of aryl methyl sites for hydroxylation is 2. The highest BCUT2D eigenvalue weighted by Gasteiger charge is 2.24. The zero-order valence-corrected chi connectivity index (χ0v) is 20.1. The van der Waals surface area contributed by atoms with E-state index in [0.717, 1.165) is 29.5 Å². The Labute approximate surface area is 201 Å². The maximum absolute atomic E-state index is 11.3. The van der Waals surface area contributed by atoms with Gasteiger partial charge < -0.3 is 9.84 Å². The zero-order valence-electron chi connectivity index (χ0n) is 20.1. The molecule has 2 unspecified atom stereocenters. The van der Waals surface area contributed by atoms with Gasteiger partial charge in [-0.2, -0.15) is 0 Å². The molecular formula is C28H32N2O4. The minimum atomic E-state index is -0.401. The van der Waals surface area contributed by atoms with E-state index in [4.69, 9.17) is 10.7 Å². The van der Waals surface area contributed by atoms with E-state index in [2.05, 4.69) is 34.0 Å². The molecule has 0 saturated heterocycles. The van der Waals surface area contributed by atoms with Crippen molar-refractivity contribution >= 4 is 11.7 Å². The third-order valence-corrected chi connectivity index (χ3v) is 6.22. The van der Waals surface area contributed by atoms with Crippen molar-refractivity contribution in [3.05, 3.63) is 100 Å². The maximum Gasteiger partial charge on any atom is 0.356 e. The smallest absolute Gasteiger partial charge is 0.356 e. The zero-order chi connectivity index (χ0) is 24.7. The van der Waals surface area contributed by atoms with Crippen molar-refractivity contribution in [3.8, 4) is 5.75 Å². The predicted molar refractivity (Wildman–Crippen MR) is 134 cm³/mol. The molecule has 0 fully saturated rings. The van der Waals surface area contributed by atoms with Crippen LogP contribution in [-0.2, 0) is 20.8 Å². The van der Waals surface area contributed by atoms with Crippen molar-refractivity contribution in [2.75, 3.05) is 14.2 Å². The summed E-state index contributed by atoms with van der Waals surface area (Å²) in [6, 6.07) is 21.7. The lowest BCUT2D eigenvalue weighted by atomic mass is 9.92. The second-order valence-corrected chi connectivity index (χ2v) is 8.30. The van der Waals surface area contributed by atoms with Crippen LogP contribution in [0.15, 0.2) is 71.7 Å². The molecule has 4 rings (SSSR count). The molecule has 0 bridgehead atoms. The molecule has 1 aliphatic carbocycles. The van der Waals surface area contributed by atoms with Gasteiger partial charge in [-0.15, -0.1) is 0 Å². The van der Waals surface area contributed by atoms with E-state index in [1.807, 2.05) is 50.2 Å². The number of methoxy groups -OCH3 is 1. The molecule has 6 heteroatoms. The standard InChI is InChI=1S/C17H19NO2.C11H13NO2/c1-11(20-18)12-2-4-13(5-3-12)16-8-6-14-10-15(19)7-9-17(14)16;1-8-6-4-5-7-9(8)10(12-2)11(13)14-3/h2-5,7,9-11,16,19H,6,8,18H2,1H3;4-7H,1-3H3. The Morgan fingerprint density at radius 1 is 1.12 bits per heavy atom. The van der Waals surface area contributed by atoms with E-state index < -0.39 is 5.97 Å². The fourth-order valence-electron chi connectivity index (χ4n) is 4.29. The number of fused-ring (bicyclic) bond motifs is 1. The highest BCUT2D eigenvalue weighted by Crippen LogP contribution is 2.39. The molecule has 0 heterocycles. The van der Waals surface area contributed by atoms with Gasteiger partial charge in [0.15, 0.2) is 0 Å². The predicted octanol–water partition coefficient (Wildman–Crippen LogP) is 5.01. The quantitative estimate of drug-likeness (QED) is 0.317. The minimum Gasteiger partial charge on any atom is -0.508 e. The average molecular weight is 461 g/mol. The number of nitrogens with zero attached hydrogens (tertiary/aromatic N) is 1. The summed E-state index contributed by atoms with van der Waals surface area (Å²) in [6.07, 6.45) is 2.04. The lowest BCUT2D eigenvalue weighted by Gasteiger charge is -2.14. The van der Waals surface area contributed by atoms with Gasteiger partial charge >= 0.3 is 5.97 Å². The first-order valence-electron chi connectivity index (χ1n) is 11.3. The molecule has 2 atom stereocenters. The van der Waals surface area contributed by atoms with Crippen LogP contribution in [0.2, 0.25) is 0 Å². The van der Waals surface area contributed by atoms with Crippen LogP contribution < -0.4 is 5.90 Å². The summed E-state index contributed by atoms with van der Waals surface area (Å²) in [5.41, 5.74) is 7.19. The maximum atomic E-state index is 11.3. The van der Waals surface area contributed by atoms with E-state index in [-0.39, 0.29) is 6.10 Å². The topological polar surface area (TPSA) is 94.1 Å². The molecule has 0 radical (unpaired) electrons. The number of aromatic hydroxyl groups is 1. The van der Waals surface area contributed by atoms with Gasteiger partial charge in [0.2, 0.25) is 0 Å². The van der Waals surface area contributed by atoms with Gasteiger partial charge in [-0.1, -0.05) is 54.6 Å². The number of hydrogen-bond donors (Lipinski definition) is 2. The summed E-state index contributed by atoms with van der Waals surface area (Å²) in [5, 5.41) is 9.55. The molecule has 0 saturated carbocycles. The number of nitrogens with two attached hydrogens (primary N) is 1. The summed E-state index contributed by atoms with van der Waals surface area (Å²) in [6.45, 7) is 3.87.